The van der Waals surface area contributed by atoms with Crippen LogP contribution in [0, 0.1) is 12.8 Å². The van der Waals surface area contributed by atoms with Gasteiger partial charge in [0.1, 0.15) is 0 Å². The monoisotopic (exact) mass is 573 g/mol. The van der Waals surface area contributed by atoms with Crippen LogP contribution in [-0.2, 0) is 12.0 Å². The maximum atomic E-state index is 6.20. The number of aromatic nitrogens is 1. The molecule has 0 spiro atoms. The molecule has 0 radical (unpaired) electrons. The number of hydrogen-bond acceptors (Lipinski definition) is 4. The molecule has 31 heavy (non-hydrogen) atoms. The maximum Gasteiger partial charge on any atom is 0.191 e. The van der Waals surface area contributed by atoms with Gasteiger partial charge in [-0.3, -0.25) is 9.89 Å². The van der Waals surface area contributed by atoms with Crippen LogP contribution in [0.5, 0.6) is 0 Å². The zero-order valence-corrected chi connectivity index (χ0v) is 22.3. The van der Waals surface area contributed by atoms with Gasteiger partial charge in [0.15, 0.2) is 5.96 Å². The molecule has 1 aliphatic carbocycles. The second-order valence-electron chi connectivity index (χ2n) is 8.67. The summed E-state index contributed by atoms with van der Waals surface area (Å²) in [6.07, 6.45) is 4.85. The van der Waals surface area contributed by atoms with Crippen LogP contribution in [-0.4, -0.2) is 49.1 Å². The largest absolute Gasteiger partial charge is 0.356 e. The molecule has 2 heterocycles. The minimum absolute atomic E-state index is 0. The molecule has 8 heteroatoms. The molecule has 0 atom stereocenters. The van der Waals surface area contributed by atoms with Crippen molar-refractivity contribution in [1.29, 1.82) is 0 Å². The third-order valence-electron chi connectivity index (χ3n) is 6.43. The molecular weight excluding hydrogens is 541 g/mol. The third-order valence-corrected chi connectivity index (χ3v) is 7.48. The highest BCUT2D eigenvalue weighted by molar-refractivity contribution is 14.0. The average molecular weight is 574 g/mol. The first kappa shape index (κ1) is 24.7. The van der Waals surface area contributed by atoms with Crippen LogP contribution in [0.1, 0.15) is 41.9 Å². The summed E-state index contributed by atoms with van der Waals surface area (Å²) in [6, 6.07) is 8.29. The number of likely N-dealkylation sites (tertiary alicyclic amines) is 1. The van der Waals surface area contributed by atoms with E-state index < -0.39 is 0 Å². The lowest BCUT2D eigenvalue weighted by molar-refractivity contribution is 0.176. The van der Waals surface area contributed by atoms with E-state index in [1.807, 2.05) is 19.2 Å². The van der Waals surface area contributed by atoms with Crippen LogP contribution in [0.25, 0.3) is 0 Å². The molecule has 2 fully saturated rings. The van der Waals surface area contributed by atoms with E-state index in [9.17, 15) is 0 Å². The maximum absolute atomic E-state index is 6.20. The highest BCUT2D eigenvalue weighted by Crippen LogP contribution is 2.48. The van der Waals surface area contributed by atoms with E-state index in [0.29, 0.717) is 5.92 Å². The first-order valence-corrected chi connectivity index (χ1v) is 12.2. The van der Waals surface area contributed by atoms with Gasteiger partial charge in [0.05, 0.1) is 10.7 Å². The summed E-state index contributed by atoms with van der Waals surface area (Å²) in [5.74, 6) is 1.60. The second-order valence-corrected chi connectivity index (χ2v) is 10.2. The summed E-state index contributed by atoms with van der Waals surface area (Å²) in [6.45, 7) is 7.23. The van der Waals surface area contributed by atoms with Crippen molar-refractivity contribution in [3.8, 4) is 0 Å². The van der Waals surface area contributed by atoms with Crippen LogP contribution >= 0.6 is 46.9 Å². The fourth-order valence-corrected chi connectivity index (χ4v) is 5.10. The Morgan fingerprint density at radius 3 is 2.68 bits per heavy atom. The molecule has 0 unspecified atom stereocenters. The van der Waals surface area contributed by atoms with Crippen molar-refractivity contribution >= 4 is 52.9 Å². The van der Waals surface area contributed by atoms with Crippen molar-refractivity contribution in [3.05, 3.63) is 50.9 Å². The SMILES string of the molecule is CN=C(NCC1CCN(Cc2csc(C)n2)CC1)NCC1(c2cccc(Cl)c2)CC1.I. The minimum atomic E-state index is 0. The Labute approximate surface area is 212 Å². The number of guanidine groups is 1. The third kappa shape index (κ3) is 6.79. The molecule has 0 bridgehead atoms. The van der Waals surface area contributed by atoms with Gasteiger partial charge in [-0.25, -0.2) is 4.98 Å². The Hall–Kier alpha value is -0.900. The Morgan fingerprint density at radius 1 is 1.29 bits per heavy atom. The van der Waals surface area contributed by atoms with E-state index in [0.717, 1.165) is 48.7 Å². The number of aliphatic imine (C=N–C) groups is 1. The van der Waals surface area contributed by atoms with Gasteiger partial charge in [0.25, 0.3) is 0 Å². The number of nitrogens with one attached hydrogen (secondary N) is 2. The van der Waals surface area contributed by atoms with Crippen LogP contribution in [0.4, 0.5) is 0 Å². The second kappa shape index (κ2) is 11.3. The highest BCUT2D eigenvalue weighted by Gasteiger charge is 2.44. The minimum Gasteiger partial charge on any atom is -0.356 e. The number of halogens is 2. The Balaban J connectivity index is 0.00000272. The van der Waals surface area contributed by atoms with Crippen molar-refractivity contribution < 1.29 is 0 Å². The highest BCUT2D eigenvalue weighted by atomic mass is 127. The molecule has 5 nitrogen and oxygen atoms in total. The fourth-order valence-electron chi connectivity index (χ4n) is 4.31. The number of piperidine rings is 1. The number of benzene rings is 1. The summed E-state index contributed by atoms with van der Waals surface area (Å²) in [7, 11) is 1.85. The molecular formula is C23H33ClIN5S. The molecule has 4 rings (SSSR count). The standard InChI is InChI=1S/C23H32ClN5S.HI/c1-17-28-21(15-30-17)14-29-10-6-18(7-11-29)13-26-22(25-2)27-16-23(8-9-23)19-4-3-5-20(24)12-19;/h3-5,12,15,18H,6-11,13-14,16H2,1-2H3,(H2,25,26,27);1H. The number of hydrogen-bond donors (Lipinski definition) is 2. The zero-order chi connectivity index (χ0) is 21.0. The molecule has 1 aliphatic heterocycles. The molecule has 2 N–H and O–H groups in total. The van der Waals surface area contributed by atoms with Gasteiger partial charge in [-0.15, -0.1) is 35.3 Å². The lowest BCUT2D eigenvalue weighted by Crippen LogP contribution is -2.44. The van der Waals surface area contributed by atoms with Crippen LogP contribution in [0.2, 0.25) is 5.02 Å². The van der Waals surface area contributed by atoms with Gasteiger partial charge in [-0.2, -0.15) is 0 Å². The number of thiazole rings is 1. The van der Waals surface area contributed by atoms with Gasteiger partial charge >= 0.3 is 0 Å². The summed E-state index contributed by atoms with van der Waals surface area (Å²) in [5, 5.41) is 11.3. The first-order chi connectivity index (χ1) is 14.6. The lowest BCUT2D eigenvalue weighted by Gasteiger charge is -2.32. The summed E-state index contributed by atoms with van der Waals surface area (Å²) in [5.41, 5.74) is 2.76. The van der Waals surface area contributed by atoms with Crippen LogP contribution < -0.4 is 10.6 Å². The van der Waals surface area contributed by atoms with Crippen molar-refractivity contribution in [1.82, 2.24) is 20.5 Å². The van der Waals surface area contributed by atoms with E-state index in [1.54, 1.807) is 11.3 Å². The fraction of sp³-hybridized carbons (Fsp3) is 0.565. The summed E-state index contributed by atoms with van der Waals surface area (Å²) in [4.78, 5) is 11.6. The van der Waals surface area contributed by atoms with Gasteiger partial charge in [0, 0.05) is 42.5 Å². The van der Waals surface area contributed by atoms with Gasteiger partial charge in [-0.05, 0) is 69.3 Å². The van der Waals surface area contributed by atoms with E-state index in [4.69, 9.17) is 11.6 Å². The van der Waals surface area contributed by atoms with Crippen LogP contribution in [0.3, 0.4) is 0 Å². The predicted molar refractivity (Wildman–Crippen MR) is 142 cm³/mol. The van der Waals surface area contributed by atoms with Crippen molar-refractivity contribution in [2.45, 2.75) is 44.6 Å². The molecule has 1 saturated heterocycles. The van der Waals surface area contributed by atoms with E-state index in [-0.39, 0.29) is 29.4 Å². The summed E-state index contributed by atoms with van der Waals surface area (Å²) < 4.78 is 0. The smallest absolute Gasteiger partial charge is 0.191 e. The molecule has 1 aromatic heterocycles. The van der Waals surface area contributed by atoms with Gasteiger partial charge in [0.2, 0.25) is 0 Å². The molecule has 1 saturated carbocycles. The molecule has 2 aliphatic rings. The Morgan fingerprint density at radius 2 is 2.06 bits per heavy atom. The van der Waals surface area contributed by atoms with E-state index in [1.165, 1.54) is 36.9 Å². The van der Waals surface area contributed by atoms with Crippen molar-refractivity contribution in [3.63, 3.8) is 0 Å². The molecule has 170 valence electrons. The Kier molecular flexibility index (Phi) is 9.01. The number of aryl methyl sites for hydroxylation is 1. The first-order valence-electron chi connectivity index (χ1n) is 10.9. The van der Waals surface area contributed by atoms with E-state index in [2.05, 4.69) is 49.9 Å². The lowest BCUT2D eigenvalue weighted by atomic mass is 9.96. The molecule has 1 aromatic carbocycles. The quantitative estimate of drug-likeness (QED) is 0.283. The van der Waals surface area contributed by atoms with Crippen molar-refractivity contribution in [2.24, 2.45) is 10.9 Å². The Bertz CT molecular complexity index is 874. The van der Waals surface area contributed by atoms with Gasteiger partial charge in [-0.1, -0.05) is 23.7 Å². The zero-order valence-electron chi connectivity index (χ0n) is 18.4. The van der Waals surface area contributed by atoms with Gasteiger partial charge < -0.3 is 10.6 Å². The normalized spacial score (nSPS) is 19.0. The number of rotatable bonds is 7. The molecule has 0 amide bonds. The van der Waals surface area contributed by atoms with E-state index >= 15 is 0 Å². The summed E-state index contributed by atoms with van der Waals surface area (Å²) >= 11 is 7.94. The average Bonchev–Trinajstić information content (AvgIpc) is 3.44. The predicted octanol–water partition coefficient (Wildman–Crippen LogP) is 4.83. The van der Waals surface area contributed by atoms with Crippen molar-refractivity contribution in [2.75, 3.05) is 33.2 Å². The molecule has 2 aromatic rings. The topological polar surface area (TPSA) is 52.6 Å². The number of nitrogens with zero attached hydrogens (tertiary/aromatic N) is 3. The van der Waals surface area contributed by atoms with Crippen LogP contribution in [0.15, 0.2) is 34.6 Å².